The number of aryl methyl sites for hydroxylation is 1. The summed E-state index contributed by atoms with van der Waals surface area (Å²) in [5.74, 6) is 2.52. The fourth-order valence-electron chi connectivity index (χ4n) is 1.63. The Bertz CT molecular complexity index is 568. The number of aromatic nitrogens is 3. The minimum atomic E-state index is 0.603. The van der Waals surface area contributed by atoms with E-state index in [1.54, 1.807) is 11.8 Å². The molecule has 2 rings (SSSR count). The predicted octanol–water partition coefficient (Wildman–Crippen LogP) is 3.60. The van der Waals surface area contributed by atoms with Gasteiger partial charge in [-0.3, -0.25) is 0 Å². The van der Waals surface area contributed by atoms with Crippen molar-refractivity contribution < 1.29 is 4.74 Å². The third-order valence-electron chi connectivity index (χ3n) is 2.61. The summed E-state index contributed by atoms with van der Waals surface area (Å²) in [6.45, 7) is 7.00. The zero-order chi connectivity index (χ0) is 14.4. The summed E-state index contributed by atoms with van der Waals surface area (Å²) in [6.07, 6.45) is 1.84. The Morgan fingerprint density at radius 2 is 2.10 bits per heavy atom. The summed E-state index contributed by atoms with van der Waals surface area (Å²) in [6, 6.07) is 7.34. The number of hydrogen-bond acceptors (Lipinski definition) is 4. The van der Waals surface area contributed by atoms with Crippen LogP contribution in [0, 0.1) is 6.92 Å². The molecule has 4 nitrogen and oxygen atoms in total. The molecule has 0 aliphatic rings. The Labute approximate surface area is 127 Å². The molecule has 106 valence electrons. The lowest BCUT2D eigenvalue weighted by Gasteiger charge is -2.07. The van der Waals surface area contributed by atoms with Crippen molar-refractivity contribution in [3.05, 3.63) is 47.8 Å². The van der Waals surface area contributed by atoms with Crippen molar-refractivity contribution in [2.24, 2.45) is 0 Å². The van der Waals surface area contributed by atoms with Crippen LogP contribution in [0.3, 0.4) is 0 Å². The van der Waals surface area contributed by atoms with E-state index in [0.717, 1.165) is 29.0 Å². The van der Waals surface area contributed by atoms with Crippen molar-refractivity contribution in [2.45, 2.75) is 18.6 Å². The van der Waals surface area contributed by atoms with Gasteiger partial charge in [-0.05, 0) is 31.2 Å². The first-order chi connectivity index (χ1) is 9.70. The van der Waals surface area contributed by atoms with Crippen LogP contribution in [-0.2, 0) is 6.54 Å². The van der Waals surface area contributed by atoms with Crippen molar-refractivity contribution in [3.63, 3.8) is 0 Å². The summed E-state index contributed by atoms with van der Waals surface area (Å²) in [5, 5.41) is 9.82. The van der Waals surface area contributed by atoms with Crippen LogP contribution in [-0.4, -0.2) is 27.1 Å². The highest BCUT2D eigenvalue weighted by molar-refractivity contribution is 7.99. The van der Waals surface area contributed by atoms with Crippen molar-refractivity contribution in [1.29, 1.82) is 0 Å². The predicted molar refractivity (Wildman–Crippen MR) is 82.6 cm³/mol. The molecule has 0 atom stereocenters. The van der Waals surface area contributed by atoms with Gasteiger partial charge in [0.2, 0.25) is 0 Å². The molecular weight excluding hydrogens is 294 g/mol. The van der Waals surface area contributed by atoms with E-state index in [1.165, 1.54) is 0 Å². The summed E-state index contributed by atoms with van der Waals surface area (Å²) in [4.78, 5) is 0. The maximum atomic E-state index is 5.82. The molecule has 20 heavy (non-hydrogen) atoms. The SMILES string of the molecule is C=CCn1c(C)nnc1SCCOc1ccc(Cl)cc1. The van der Waals surface area contributed by atoms with Gasteiger partial charge in [0.25, 0.3) is 0 Å². The zero-order valence-electron chi connectivity index (χ0n) is 11.3. The van der Waals surface area contributed by atoms with Gasteiger partial charge >= 0.3 is 0 Å². The number of nitrogens with zero attached hydrogens (tertiary/aromatic N) is 3. The summed E-state index contributed by atoms with van der Waals surface area (Å²) in [7, 11) is 0. The zero-order valence-corrected chi connectivity index (χ0v) is 12.8. The smallest absolute Gasteiger partial charge is 0.191 e. The average Bonchev–Trinajstić information content (AvgIpc) is 2.79. The maximum absolute atomic E-state index is 5.82. The summed E-state index contributed by atoms with van der Waals surface area (Å²) >= 11 is 7.44. The highest BCUT2D eigenvalue weighted by Gasteiger charge is 2.07. The standard InChI is InChI=1S/C14H16ClN3OS/c1-3-8-18-11(2)16-17-14(18)20-10-9-19-13-6-4-12(15)5-7-13/h3-7H,1,8-10H2,2H3. The molecule has 0 aliphatic heterocycles. The molecule has 0 aliphatic carbocycles. The van der Waals surface area contributed by atoms with E-state index in [1.807, 2.05) is 41.8 Å². The van der Waals surface area contributed by atoms with Crippen LogP contribution in [0.15, 0.2) is 42.1 Å². The highest BCUT2D eigenvalue weighted by Crippen LogP contribution is 2.18. The van der Waals surface area contributed by atoms with E-state index in [0.29, 0.717) is 11.6 Å². The van der Waals surface area contributed by atoms with Crippen LogP contribution in [0.5, 0.6) is 5.75 Å². The first-order valence-corrected chi connectivity index (χ1v) is 7.59. The quantitative estimate of drug-likeness (QED) is 0.445. The molecule has 0 amide bonds. The van der Waals surface area contributed by atoms with E-state index in [2.05, 4.69) is 16.8 Å². The Hall–Kier alpha value is -1.46. The molecule has 0 spiro atoms. The lowest BCUT2D eigenvalue weighted by Crippen LogP contribution is -2.03. The van der Waals surface area contributed by atoms with Gasteiger partial charge in [-0.2, -0.15) is 0 Å². The average molecular weight is 310 g/mol. The van der Waals surface area contributed by atoms with Crippen LogP contribution in [0.4, 0.5) is 0 Å². The maximum Gasteiger partial charge on any atom is 0.191 e. The normalized spacial score (nSPS) is 10.5. The molecule has 1 aromatic heterocycles. The number of halogens is 1. The van der Waals surface area contributed by atoms with Gasteiger partial charge in [-0.25, -0.2) is 0 Å². The minimum absolute atomic E-state index is 0.603. The van der Waals surface area contributed by atoms with Crippen molar-refractivity contribution in [1.82, 2.24) is 14.8 Å². The second-order valence-electron chi connectivity index (χ2n) is 4.08. The summed E-state index contributed by atoms with van der Waals surface area (Å²) in [5.41, 5.74) is 0. The first-order valence-electron chi connectivity index (χ1n) is 6.22. The Kier molecular flexibility index (Phi) is 5.49. The number of allylic oxidation sites excluding steroid dienone is 1. The summed E-state index contributed by atoms with van der Waals surface area (Å²) < 4.78 is 7.66. The van der Waals surface area contributed by atoms with Crippen LogP contribution in [0.25, 0.3) is 0 Å². The van der Waals surface area contributed by atoms with Crippen LogP contribution >= 0.6 is 23.4 Å². The van der Waals surface area contributed by atoms with E-state index in [4.69, 9.17) is 16.3 Å². The van der Waals surface area contributed by atoms with E-state index in [-0.39, 0.29) is 0 Å². The molecular formula is C14H16ClN3OS. The van der Waals surface area contributed by atoms with Gasteiger partial charge in [0.1, 0.15) is 11.6 Å². The van der Waals surface area contributed by atoms with E-state index >= 15 is 0 Å². The molecule has 0 fully saturated rings. The first kappa shape index (κ1) is 14.9. The molecule has 0 radical (unpaired) electrons. The molecule has 0 N–H and O–H groups in total. The van der Waals surface area contributed by atoms with Gasteiger partial charge in [0.05, 0.1) is 6.61 Å². The van der Waals surface area contributed by atoms with Gasteiger partial charge < -0.3 is 9.30 Å². The Morgan fingerprint density at radius 1 is 1.35 bits per heavy atom. The van der Waals surface area contributed by atoms with Gasteiger partial charge in [0, 0.05) is 17.3 Å². The largest absolute Gasteiger partial charge is 0.493 e. The molecule has 2 aromatic rings. The van der Waals surface area contributed by atoms with Gasteiger partial charge in [-0.15, -0.1) is 16.8 Å². The lowest BCUT2D eigenvalue weighted by atomic mass is 10.3. The molecule has 0 saturated heterocycles. The van der Waals surface area contributed by atoms with Crippen LogP contribution in [0.2, 0.25) is 5.02 Å². The third kappa shape index (κ3) is 4.02. The minimum Gasteiger partial charge on any atom is -0.493 e. The van der Waals surface area contributed by atoms with Crippen LogP contribution < -0.4 is 4.74 Å². The Balaban J connectivity index is 1.81. The van der Waals surface area contributed by atoms with Crippen LogP contribution in [0.1, 0.15) is 5.82 Å². The number of rotatable bonds is 7. The number of benzene rings is 1. The van der Waals surface area contributed by atoms with Gasteiger partial charge in [-0.1, -0.05) is 29.4 Å². The molecule has 0 unspecified atom stereocenters. The van der Waals surface area contributed by atoms with E-state index < -0.39 is 0 Å². The second-order valence-corrected chi connectivity index (χ2v) is 5.58. The lowest BCUT2D eigenvalue weighted by molar-refractivity contribution is 0.344. The number of ether oxygens (including phenoxy) is 1. The number of thioether (sulfide) groups is 1. The fourth-order valence-corrected chi connectivity index (χ4v) is 2.57. The Morgan fingerprint density at radius 3 is 2.80 bits per heavy atom. The topological polar surface area (TPSA) is 39.9 Å². The fraction of sp³-hybridized carbons (Fsp3) is 0.286. The molecule has 0 saturated carbocycles. The van der Waals surface area contributed by atoms with Gasteiger partial charge in [0.15, 0.2) is 5.16 Å². The monoisotopic (exact) mass is 309 g/mol. The van der Waals surface area contributed by atoms with Crippen molar-refractivity contribution >= 4 is 23.4 Å². The molecule has 0 bridgehead atoms. The van der Waals surface area contributed by atoms with Crippen molar-refractivity contribution in [2.75, 3.05) is 12.4 Å². The number of hydrogen-bond donors (Lipinski definition) is 0. The third-order valence-corrected chi connectivity index (χ3v) is 3.79. The molecule has 6 heteroatoms. The highest BCUT2D eigenvalue weighted by atomic mass is 35.5. The molecule has 1 heterocycles. The van der Waals surface area contributed by atoms with Crippen molar-refractivity contribution in [3.8, 4) is 5.75 Å². The van der Waals surface area contributed by atoms with E-state index in [9.17, 15) is 0 Å². The molecule has 1 aromatic carbocycles. The second kappa shape index (κ2) is 7.36.